The molecule has 78 valence electrons. The molecule has 0 aliphatic carbocycles. The van der Waals surface area contributed by atoms with Gasteiger partial charge >= 0.3 is 0 Å². The highest BCUT2D eigenvalue weighted by atomic mass is 79.9. The summed E-state index contributed by atoms with van der Waals surface area (Å²) in [7, 11) is 0. The third kappa shape index (κ3) is 4.43. The first-order valence-corrected chi connectivity index (χ1v) is 6.49. The van der Waals surface area contributed by atoms with Gasteiger partial charge in [0.05, 0.1) is 0 Å². The predicted molar refractivity (Wildman–Crippen MR) is 61.6 cm³/mol. The Kier molecular flexibility index (Phi) is 6.00. The van der Waals surface area contributed by atoms with Crippen molar-refractivity contribution in [1.82, 2.24) is 9.80 Å². The van der Waals surface area contributed by atoms with Gasteiger partial charge in [-0.3, -0.25) is 4.90 Å². The molecule has 2 nitrogen and oxygen atoms in total. The molecule has 0 bridgehead atoms. The van der Waals surface area contributed by atoms with Gasteiger partial charge in [0.2, 0.25) is 0 Å². The third-order valence-electron chi connectivity index (χ3n) is 2.69. The number of rotatable bonds is 5. The maximum atomic E-state index is 3.49. The van der Waals surface area contributed by atoms with Crippen LogP contribution in [0.2, 0.25) is 0 Å². The molecule has 0 aromatic rings. The molecule has 1 saturated heterocycles. The van der Waals surface area contributed by atoms with Crippen LogP contribution in [0.25, 0.3) is 0 Å². The molecule has 0 aromatic heterocycles. The van der Waals surface area contributed by atoms with Crippen molar-refractivity contribution < 1.29 is 0 Å². The van der Waals surface area contributed by atoms with Gasteiger partial charge in [-0.15, -0.1) is 0 Å². The summed E-state index contributed by atoms with van der Waals surface area (Å²) in [5.41, 5.74) is 0. The van der Waals surface area contributed by atoms with Crippen LogP contribution in [-0.2, 0) is 0 Å². The Bertz CT molecular complexity index is 122. The molecule has 0 amide bonds. The van der Waals surface area contributed by atoms with Crippen LogP contribution in [-0.4, -0.2) is 54.4 Å². The van der Waals surface area contributed by atoms with Gasteiger partial charge in [-0.1, -0.05) is 29.3 Å². The second-order valence-electron chi connectivity index (χ2n) is 3.73. The maximum absolute atomic E-state index is 3.49. The van der Waals surface area contributed by atoms with E-state index >= 15 is 0 Å². The molecule has 13 heavy (non-hydrogen) atoms. The summed E-state index contributed by atoms with van der Waals surface area (Å²) in [4.78, 5) is 5.13. The average Bonchev–Trinajstić information content (AvgIpc) is 2.17. The monoisotopic (exact) mass is 248 g/mol. The summed E-state index contributed by atoms with van der Waals surface area (Å²) in [6.45, 7) is 9.84. The number of hydrogen-bond acceptors (Lipinski definition) is 2. The first-order chi connectivity index (χ1) is 6.36. The summed E-state index contributed by atoms with van der Waals surface area (Å²) in [6.07, 6.45) is 2.68. The van der Waals surface area contributed by atoms with E-state index in [1.807, 2.05) is 0 Å². The molecule has 0 unspecified atom stereocenters. The Morgan fingerprint density at radius 2 is 1.54 bits per heavy atom. The fourth-order valence-corrected chi connectivity index (χ4v) is 2.24. The van der Waals surface area contributed by atoms with Crippen molar-refractivity contribution in [3.05, 3.63) is 0 Å². The van der Waals surface area contributed by atoms with Crippen molar-refractivity contribution in [2.45, 2.75) is 19.8 Å². The number of hydrogen-bond donors (Lipinski definition) is 0. The zero-order chi connectivity index (χ0) is 9.52. The fourth-order valence-electron chi connectivity index (χ4n) is 1.74. The number of nitrogens with zero attached hydrogens (tertiary/aromatic N) is 2. The summed E-state index contributed by atoms with van der Waals surface area (Å²) in [6, 6.07) is 0. The SMILES string of the molecule is CCCCN1CCN(CCBr)CC1. The zero-order valence-electron chi connectivity index (χ0n) is 8.64. The second kappa shape index (κ2) is 6.80. The normalized spacial score (nSPS) is 20.8. The molecule has 1 aliphatic rings. The molecule has 0 saturated carbocycles. The van der Waals surface area contributed by atoms with Crippen molar-refractivity contribution in [2.75, 3.05) is 44.6 Å². The Morgan fingerprint density at radius 1 is 1.00 bits per heavy atom. The zero-order valence-corrected chi connectivity index (χ0v) is 10.2. The van der Waals surface area contributed by atoms with Crippen LogP contribution >= 0.6 is 15.9 Å². The molecule has 0 radical (unpaired) electrons. The maximum Gasteiger partial charge on any atom is 0.0159 e. The van der Waals surface area contributed by atoms with Crippen molar-refractivity contribution in [2.24, 2.45) is 0 Å². The number of unbranched alkanes of at least 4 members (excludes halogenated alkanes) is 1. The highest BCUT2D eigenvalue weighted by molar-refractivity contribution is 9.09. The van der Waals surface area contributed by atoms with Gasteiger partial charge in [0.15, 0.2) is 0 Å². The van der Waals surface area contributed by atoms with Crippen LogP contribution in [0.5, 0.6) is 0 Å². The first kappa shape index (κ1) is 11.5. The van der Waals surface area contributed by atoms with E-state index in [0.29, 0.717) is 0 Å². The van der Waals surface area contributed by atoms with Crippen LogP contribution in [0.3, 0.4) is 0 Å². The van der Waals surface area contributed by atoms with E-state index in [2.05, 4.69) is 32.7 Å². The summed E-state index contributed by atoms with van der Waals surface area (Å²) in [5.74, 6) is 0. The lowest BCUT2D eigenvalue weighted by Gasteiger charge is -2.34. The van der Waals surface area contributed by atoms with Gasteiger partial charge in [0, 0.05) is 38.1 Å². The van der Waals surface area contributed by atoms with Crippen molar-refractivity contribution in [3.63, 3.8) is 0 Å². The minimum atomic E-state index is 1.11. The molecule has 1 heterocycles. The third-order valence-corrected chi connectivity index (χ3v) is 3.05. The van der Waals surface area contributed by atoms with E-state index in [-0.39, 0.29) is 0 Å². The van der Waals surface area contributed by atoms with Gasteiger partial charge < -0.3 is 4.90 Å². The molecule has 0 spiro atoms. The lowest BCUT2D eigenvalue weighted by Crippen LogP contribution is -2.46. The van der Waals surface area contributed by atoms with Crippen LogP contribution in [0.15, 0.2) is 0 Å². The Labute approximate surface area is 90.4 Å². The smallest absolute Gasteiger partial charge is 0.0159 e. The molecular weight excluding hydrogens is 228 g/mol. The summed E-state index contributed by atoms with van der Waals surface area (Å²) in [5, 5.41) is 1.11. The van der Waals surface area contributed by atoms with Gasteiger partial charge in [0.25, 0.3) is 0 Å². The molecule has 0 aromatic carbocycles. The molecule has 0 N–H and O–H groups in total. The topological polar surface area (TPSA) is 6.48 Å². The molecule has 0 atom stereocenters. The van der Waals surface area contributed by atoms with E-state index in [9.17, 15) is 0 Å². The summed E-state index contributed by atoms with van der Waals surface area (Å²) < 4.78 is 0. The number of alkyl halides is 1. The van der Waals surface area contributed by atoms with Gasteiger partial charge in [-0.25, -0.2) is 0 Å². The standard InChI is InChI=1S/C10H21BrN2/c1-2-3-5-12-7-9-13(6-4-11)10-8-12/h2-10H2,1H3. The van der Waals surface area contributed by atoms with Crippen molar-refractivity contribution >= 4 is 15.9 Å². The highest BCUT2D eigenvalue weighted by Gasteiger charge is 2.14. The largest absolute Gasteiger partial charge is 0.301 e. The number of halogens is 1. The molecular formula is C10H21BrN2. The van der Waals surface area contributed by atoms with E-state index in [1.165, 1.54) is 52.1 Å². The van der Waals surface area contributed by atoms with Crippen LogP contribution < -0.4 is 0 Å². The Balaban J connectivity index is 2.08. The fraction of sp³-hybridized carbons (Fsp3) is 1.00. The quantitative estimate of drug-likeness (QED) is 0.685. The summed E-state index contributed by atoms with van der Waals surface area (Å²) >= 11 is 3.49. The lowest BCUT2D eigenvalue weighted by atomic mass is 10.2. The molecule has 3 heteroatoms. The molecule has 1 fully saturated rings. The Hall–Kier alpha value is 0.400. The first-order valence-electron chi connectivity index (χ1n) is 5.37. The second-order valence-corrected chi connectivity index (χ2v) is 4.52. The van der Waals surface area contributed by atoms with Gasteiger partial charge in [0.1, 0.15) is 0 Å². The van der Waals surface area contributed by atoms with Gasteiger partial charge in [-0.05, 0) is 13.0 Å². The van der Waals surface area contributed by atoms with Crippen LogP contribution in [0.1, 0.15) is 19.8 Å². The predicted octanol–water partition coefficient (Wildman–Crippen LogP) is 1.80. The van der Waals surface area contributed by atoms with Gasteiger partial charge in [-0.2, -0.15) is 0 Å². The minimum absolute atomic E-state index is 1.11. The average molecular weight is 249 g/mol. The number of piperazine rings is 1. The van der Waals surface area contributed by atoms with E-state index in [1.54, 1.807) is 0 Å². The van der Waals surface area contributed by atoms with E-state index in [4.69, 9.17) is 0 Å². The Morgan fingerprint density at radius 3 is 2.00 bits per heavy atom. The van der Waals surface area contributed by atoms with Crippen molar-refractivity contribution in [3.8, 4) is 0 Å². The lowest BCUT2D eigenvalue weighted by molar-refractivity contribution is 0.137. The van der Waals surface area contributed by atoms with E-state index in [0.717, 1.165) is 5.33 Å². The minimum Gasteiger partial charge on any atom is -0.301 e. The van der Waals surface area contributed by atoms with E-state index < -0.39 is 0 Å². The van der Waals surface area contributed by atoms with Crippen LogP contribution in [0.4, 0.5) is 0 Å². The molecule has 1 rings (SSSR count). The molecule has 1 aliphatic heterocycles. The van der Waals surface area contributed by atoms with Crippen molar-refractivity contribution in [1.29, 1.82) is 0 Å². The highest BCUT2D eigenvalue weighted by Crippen LogP contribution is 2.03. The van der Waals surface area contributed by atoms with Crippen LogP contribution in [0, 0.1) is 0 Å².